The van der Waals surface area contributed by atoms with Gasteiger partial charge in [-0.25, -0.2) is 4.79 Å². The van der Waals surface area contributed by atoms with Gasteiger partial charge in [0.2, 0.25) is 0 Å². The highest BCUT2D eigenvalue weighted by atomic mass is 16.6. The molecule has 10 heteroatoms. The summed E-state index contributed by atoms with van der Waals surface area (Å²) >= 11 is 0. The van der Waals surface area contributed by atoms with E-state index in [1.165, 1.54) is 0 Å². The van der Waals surface area contributed by atoms with Crippen LogP contribution in [0.2, 0.25) is 0 Å². The van der Waals surface area contributed by atoms with Crippen LogP contribution in [0.3, 0.4) is 0 Å². The van der Waals surface area contributed by atoms with Crippen LogP contribution >= 0.6 is 0 Å². The molecule has 0 radical (unpaired) electrons. The second-order valence-electron chi connectivity index (χ2n) is 7.14. The van der Waals surface area contributed by atoms with E-state index in [4.69, 9.17) is 9.47 Å². The fourth-order valence-corrected chi connectivity index (χ4v) is 3.43. The number of para-hydroxylation sites is 1. The monoisotopic (exact) mass is 430 g/mol. The molecule has 0 saturated carbocycles. The lowest BCUT2D eigenvalue weighted by atomic mass is 10.2. The molecule has 0 unspecified atom stereocenters. The molecule has 10 nitrogen and oxygen atoms in total. The van der Waals surface area contributed by atoms with E-state index in [2.05, 4.69) is 4.98 Å². The molecule has 3 rings (SSSR count). The van der Waals surface area contributed by atoms with E-state index < -0.39 is 12.1 Å². The van der Waals surface area contributed by atoms with Crippen LogP contribution in [-0.2, 0) is 32.5 Å². The minimum Gasteiger partial charge on any atom is -0.456 e. The summed E-state index contributed by atoms with van der Waals surface area (Å²) in [6.45, 7) is 3.15. The minimum atomic E-state index is -0.541. The molecule has 166 valence electrons. The van der Waals surface area contributed by atoms with Crippen molar-refractivity contribution in [3.63, 3.8) is 0 Å². The highest BCUT2D eigenvalue weighted by Gasteiger charge is 2.25. The van der Waals surface area contributed by atoms with Crippen molar-refractivity contribution in [2.45, 2.75) is 19.8 Å². The van der Waals surface area contributed by atoms with Gasteiger partial charge in [-0.15, -0.1) is 0 Å². The van der Waals surface area contributed by atoms with Crippen LogP contribution in [0.1, 0.15) is 19.2 Å². The van der Waals surface area contributed by atoms with Gasteiger partial charge in [-0.3, -0.25) is 14.4 Å². The zero-order chi connectivity index (χ0) is 22.4. The van der Waals surface area contributed by atoms with E-state index in [-0.39, 0.29) is 30.9 Å². The summed E-state index contributed by atoms with van der Waals surface area (Å²) in [7, 11) is 1.79. The Kier molecular flexibility index (Phi) is 7.22. The molecular formula is C21H26N4O6. The molecule has 2 heterocycles. The number of nitrogens with zero attached hydrogens (tertiary/aromatic N) is 4. The Morgan fingerprint density at radius 1 is 1.03 bits per heavy atom. The number of esters is 1. The number of rotatable bonds is 6. The van der Waals surface area contributed by atoms with Gasteiger partial charge in [0, 0.05) is 39.6 Å². The Morgan fingerprint density at radius 3 is 2.42 bits per heavy atom. The van der Waals surface area contributed by atoms with Crippen molar-refractivity contribution in [3.8, 4) is 0 Å². The maximum Gasteiger partial charge on any atom is 0.409 e. The van der Waals surface area contributed by atoms with Crippen molar-refractivity contribution in [2.75, 3.05) is 39.4 Å². The lowest BCUT2D eigenvalue weighted by Crippen LogP contribution is -2.51. The van der Waals surface area contributed by atoms with Gasteiger partial charge < -0.3 is 23.8 Å². The average Bonchev–Trinajstić information content (AvgIpc) is 2.79. The minimum absolute atomic E-state index is 0.00252. The Balaban J connectivity index is 1.46. The number of amides is 2. The van der Waals surface area contributed by atoms with Crippen LogP contribution in [0.15, 0.2) is 29.1 Å². The summed E-state index contributed by atoms with van der Waals surface area (Å²) in [6, 6.07) is 7.13. The van der Waals surface area contributed by atoms with Crippen LogP contribution in [0.4, 0.5) is 4.79 Å². The zero-order valence-corrected chi connectivity index (χ0v) is 17.7. The lowest BCUT2D eigenvalue weighted by molar-refractivity contribution is -0.152. The van der Waals surface area contributed by atoms with E-state index in [0.29, 0.717) is 44.0 Å². The van der Waals surface area contributed by atoms with E-state index >= 15 is 0 Å². The number of carbonyl (C=O) groups is 3. The third-order valence-electron chi connectivity index (χ3n) is 5.18. The third-order valence-corrected chi connectivity index (χ3v) is 5.18. The Hall–Kier alpha value is -3.43. The molecule has 0 bridgehead atoms. The summed E-state index contributed by atoms with van der Waals surface area (Å²) in [6.07, 6.45) is -0.164. The molecule has 1 fully saturated rings. The predicted octanol–water partition coefficient (Wildman–Crippen LogP) is 0.710. The molecule has 0 atom stereocenters. The van der Waals surface area contributed by atoms with Gasteiger partial charge in [0.15, 0.2) is 6.61 Å². The van der Waals surface area contributed by atoms with Gasteiger partial charge in [0.1, 0.15) is 5.82 Å². The number of benzene rings is 1. The van der Waals surface area contributed by atoms with Gasteiger partial charge in [0.05, 0.1) is 23.9 Å². The average molecular weight is 430 g/mol. The largest absolute Gasteiger partial charge is 0.456 e. The first-order valence-electron chi connectivity index (χ1n) is 10.2. The number of ether oxygens (including phenoxy) is 2. The predicted molar refractivity (Wildman–Crippen MR) is 111 cm³/mol. The first-order valence-corrected chi connectivity index (χ1v) is 10.2. The van der Waals surface area contributed by atoms with Crippen LogP contribution in [0.5, 0.6) is 0 Å². The fourth-order valence-electron chi connectivity index (χ4n) is 3.43. The highest BCUT2D eigenvalue weighted by molar-refractivity contribution is 5.81. The highest BCUT2D eigenvalue weighted by Crippen LogP contribution is 2.11. The molecule has 1 saturated heterocycles. The second-order valence-corrected chi connectivity index (χ2v) is 7.14. The lowest BCUT2D eigenvalue weighted by Gasteiger charge is -2.33. The number of aromatic nitrogens is 2. The quantitative estimate of drug-likeness (QED) is 0.621. The molecule has 0 aliphatic carbocycles. The first-order chi connectivity index (χ1) is 14.9. The molecule has 2 amide bonds. The van der Waals surface area contributed by atoms with E-state index in [0.717, 1.165) is 5.52 Å². The topological polar surface area (TPSA) is 111 Å². The smallest absolute Gasteiger partial charge is 0.409 e. The van der Waals surface area contributed by atoms with Gasteiger partial charge in [0.25, 0.3) is 11.5 Å². The molecule has 1 aliphatic heterocycles. The van der Waals surface area contributed by atoms with Gasteiger partial charge in [-0.05, 0) is 19.1 Å². The Bertz CT molecular complexity index is 1030. The Labute approximate surface area is 179 Å². The van der Waals surface area contributed by atoms with Crippen LogP contribution in [0.25, 0.3) is 10.9 Å². The van der Waals surface area contributed by atoms with Crippen LogP contribution in [-0.4, -0.2) is 76.7 Å². The molecule has 1 aromatic heterocycles. The second kappa shape index (κ2) is 10.1. The SMILES string of the molecule is CCOC(=O)N1CCN(C(=O)COC(=O)CCc2nc(=O)c3ccccc3n2C)CC1. The van der Waals surface area contributed by atoms with Crippen molar-refractivity contribution < 1.29 is 23.9 Å². The van der Waals surface area contributed by atoms with E-state index in [1.54, 1.807) is 40.5 Å². The van der Waals surface area contributed by atoms with Gasteiger partial charge in [-0.2, -0.15) is 4.98 Å². The number of aryl methyl sites for hydroxylation is 2. The van der Waals surface area contributed by atoms with Crippen molar-refractivity contribution in [1.82, 2.24) is 19.4 Å². The summed E-state index contributed by atoms with van der Waals surface area (Å²) in [5, 5.41) is 0.518. The van der Waals surface area contributed by atoms with Crippen molar-refractivity contribution in [2.24, 2.45) is 7.05 Å². The number of hydrogen-bond acceptors (Lipinski definition) is 7. The van der Waals surface area contributed by atoms with E-state index in [9.17, 15) is 19.2 Å². The summed E-state index contributed by atoms with van der Waals surface area (Å²) < 4.78 is 11.8. The molecular weight excluding hydrogens is 404 g/mol. The summed E-state index contributed by atoms with van der Waals surface area (Å²) in [5.41, 5.74) is 0.400. The molecule has 0 spiro atoms. The molecule has 31 heavy (non-hydrogen) atoms. The van der Waals surface area contributed by atoms with Crippen LogP contribution in [0, 0.1) is 0 Å². The van der Waals surface area contributed by atoms with Gasteiger partial charge >= 0.3 is 12.1 Å². The summed E-state index contributed by atoms with van der Waals surface area (Å²) in [4.78, 5) is 55.4. The number of hydrogen-bond donors (Lipinski definition) is 0. The van der Waals surface area contributed by atoms with Gasteiger partial charge in [-0.1, -0.05) is 12.1 Å². The standard InChI is InChI=1S/C21H26N4O6/c1-3-30-21(29)25-12-10-24(11-13-25)18(26)14-31-19(27)9-8-17-22-20(28)15-6-4-5-7-16(15)23(17)2/h4-7H,3,8-14H2,1-2H3. The van der Waals surface area contributed by atoms with Crippen LogP contribution < -0.4 is 5.56 Å². The Morgan fingerprint density at radius 2 is 1.71 bits per heavy atom. The third kappa shape index (κ3) is 5.39. The number of fused-ring (bicyclic) bond motifs is 1. The maximum absolute atomic E-state index is 12.3. The molecule has 2 aromatic rings. The molecule has 1 aliphatic rings. The van der Waals surface area contributed by atoms with Crippen molar-refractivity contribution >= 4 is 28.9 Å². The normalized spacial score (nSPS) is 13.9. The van der Waals surface area contributed by atoms with E-state index in [1.807, 2.05) is 12.1 Å². The summed E-state index contributed by atoms with van der Waals surface area (Å²) in [5.74, 6) is -0.379. The maximum atomic E-state index is 12.3. The number of piperazine rings is 1. The first kappa shape index (κ1) is 22.3. The number of carbonyl (C=O) groups excluding carboxylic acids is 3. The fraction of sp³-hybridized carbons (Fsp3) is 0.476. The van der Waals surface area contributed by atoms with Crippen molar-refractivity contribution in [1.29, 1.82) is 0 Å². The molecule has 0 N–H and O–H groups in total. The van der Waals surface area contributed by atoms with Crippen molar-refractivity contribution in [3.05, 3.63) is 40.4 Å². The zero-order valence-electron chi connectivity index (χ0n) is 17.7. The molecule has 1 aromatic carbocycles.